The van der Waals surface area contributed by atoms with Crippen molar-refractivity contribution in [3.63, 3.8) is 0 Å². The summed E-state index contributed by atoms with van der Waals surface area (Å²) < 4.78 is 1.83. The van der Waals surface area contributed by atoms with Gasteiger partial charge in [0.2, 0.25) is 0 Å². The van der Waals surface area contributed by atoms with Crippen molar-refractivity contribution in [1.29, 1.82) is 0 Å². The summed E-state index contributed by atoms with van der Waals surface area (Å²) in [6, 6.07) is 12.1. The van der Waals surface area contributed by atoms with E-state index >= 15 is 0 Å². The van der Waals surface area contributed by atoms with E-state index in [1.807, 2.05) is 36.0 Å². The van der Waals surface area contributed by atoms with E-state index in [9.17, 15) is 4.79 Å². The second-order valence-corrected chi connectivity index (χ2v) is 4.49. The molecule has 0 bridgehead atoms. The van der Waals surface area contributed by atoms with Crippen LogP contribution in [-0.4, -0.2) is 23.1 Å². The van der Waals surface area contributed by atoms with Crippen LogP contribution >= 0.6 is 0 Å². The summed E-state index contributed by atoms with van der Waals surface area (Å²) in [5, 5.41) is 7.59. The van der Waals surface area contributed by atoms with Crippen molar-refractivity contribution in [3.8, 4) is 0 Å². The standard InChI is InChI=1S/C15H19N3O/c1-3-15(12-7-5-4-6-8-12)18-14(11-19)9-13(17-18)10-16-2/h4-9,11,15-16H,3,10H2,1-2H3. The second kappa shape index (κ2) is 6.29. The average Bonchev–Trinajstić information content (AvgIpc) is 2.84. The lowest BCUT2D eigenvalue weighted by Crippen LogP contribution is -2.15. The van der Waals surface area contributed by atoms with Crippen LogP contribution in [0.2, 0.25) is 0 Å². The quantitative estimate of drug-likeness (QED) is 0.808. The largest absolute Gasteiger partial charge is 0.314 e. The number of benzene rings is 1. The summed E-state index contributed by atoms with van der Waals surface area (Å²) in [6.45, 7) is 2.77. The fourth-order valence-electron chi connectivity index (χ4n) is 2.29. The number of nitrogens with zero attached hydrogens (tertiary/aromatic N) is 2. The maximum Gasteiger partial charge on any atom is 0.168 e. The van der Waals surface area contributed by atoms with Crippen molar-refractivity contribution in [2.75, 3.05) is 7.05 Å². The number of hydrogen-bond donors (Lipinski definition) is 1. The van der Waals surface area contributed by atoms with Crippen molar-refractivity contribution in [1.82, 2.24) is 15.1 Å². The fourth-order valence-corrected chi connectivity index (χ4v) is 2.29. The van der Waals surface area contributed by atoms with E-state index < -0.39 is 0 Å². The molecule has 0 aliphatic carbocycles. The van der Waals surface area contributed by atoms with Crippen LogP contribution in [0.4, 0.5) is 0 Å². The molecular formula is C15H19N3O. The Hall–Kier alpha value is -1.94. The van der Waals surface area contributed by atoms with E-state index in [0.29, 0.717) is 12.2 Å². The third kappa shape index (κ3) is 2.90. The number of aromatic nitrogens is 2. The number of hydrogen-bond acceptors (Lipinski definition) is 3. The second-order valence-electron chi connectivity index (χ2n) is 4.49. The van der Waals surface area contributed by atoms with Crippen molar-refractivity contribution >= 4 is 6.29 Å². The first-order valence-corrected chi connectivity index (χ1v) is 6.53. The summed E-state index contributed by atoms with van der Waals surface area (Å²) in [5.41, 5.74) is 2.69. The summed E-state index contributed by atoms with van der Waals surface area (Å²) in [7, 11) is 1.87. The van der Waals surface area contributed by atoms with E-state index in [1.165, 1.54) is 5.56 Å². The minimum atomic E-state index is 0.104. The molecule has 2 rings (SSSR count). The molecule has 1 aromatic heterocycles. The zero-order valence-corrected chi connectivity index (χ0v) is 11.3. The lowest BCUT2D eigenvalue weighted by molar-refractivity contribution is 0.111. The van der Waals surface area contributed by atoms with Gasteiger partial charge in [-0.3, -0.25) is 9.48 Å². The lowest BCUT2D eigenvalue weighted by Gasteiger charge is -2.17. The normalized spacial score (nSPS) is 12.3. The van der Waals surface area contributed by atoms with Crippen LogP contribution in [0.5, 0.6) is 0 Å². The van der Waals surface area contributed by atoms with Crippen molar-refractivity contribution in [3.05, 3.63) is 53.3 Å². The number of nitrogens with one attached hydrogen (secondary N) is 1. The van der Waals surface area contributed by atoms with Gasteiger partial charge in [0, 0.05) is 6.54 Å². The molecule has 0 radical (unpaired) electrons. The molecule has 1 atom stereocenters. The first kappa shape index (κ1) is 13.5. The molecule has 0 spiro atoms. The zero-order valence-electron chi connectivity index (χ0n) is 11.3. The smallest absolute Gasteiger partial charge is 0.168 e. The van der Waals surface area contributed by atoms with Gasteiger partial charge >= 0.3 is 0 Å². The van der Waals surface area contributed by atoms with Crippen LogP contribution < -0.4 is 5.32 Å². The van der Waals surface area contributed by atoms with Crippen LogP contribution in [0.25, 0.3) is 0 Å². The van der Waals surface area contributed by atoms with Gasteiger partial charge in [0.15, 0.2) is 6.29 Å². The number of carbonyl (C=O) groups excluding carboxylic acids is 1. The van der Waals surface area contributed by atoms with E-state index in [-0.39, 0.29) is 6.04 Å². The van der Waals surface area contributed by atoms with Crippen molar-refractivity contribution < 1.29 is 4.79 Å². The predicted octanol–water partition coefficient (Wildman–Crippen LogP) is 2.41. The lowest BCUT2D eigenvalue weighted by atomic mass is 10.0. The minimum Gasteiger partial charge on any atom is -0.314 e. The maximum atomic E-state index is 11.2. The molecule has 1 aromatic carbocycles. The first-order valence-electron chi connectivity index (χ1n) is 6.53. The molecule has 0 saturated heterocycles. The third-order valence-corrected chi connectivity index (χ3v) is 3.16. The van der Waals surface area contributed by atoms with Gasteiger partial charge in [-0.25, -0.2) is 0 Å². The highest BCUT2D eigenvalue weighted by atomic mass is 16.1. The number of carbonyl (C=O) groups is 1. The Morgan fingerprint density at radius 2 is 2.11 bits per heavy atom. The highest BCUT2D eigenvalue weighted by Gasteiger charge is 2.16. The van der Waals surface area contributed by atoms with E-state index in [2.05, 4.69) is 29.5 Å². The molecule has 1 unspecified atom stereocenters. The van der Waals surface area contributed by atoms with Gasteiger partial charge in [0.25, 0.3) is 0 Å². The molecule has 0 fully saturated rings. The van der Waals surface area contributed by atoms with Crippen molar-refractivity contribution in [2.45, 2.75) is 25.9 Å². The van der Waals surface area contributed by atoms with Crippen LogP contribution in [-0.2, 0) is 6.54 Å². The van der Waals surface area contributed by atoms with Gasteiger partial charge in [-0.05, 0) is 25.1 Å². The summed E-state index contributed by atoms with van der Waals surface area (Å²) in [5.74, 6) is 0. The van der Waals surface area contributed by atoms with Gasteiger partial charge in [-0.1, -0.05) is 37.3 Å². The highest BCUT2D eigenvalue weighted by Crippen LogP contribution is 2.22. The van der Waals surface area contributed by atoms with Crippen LogP contribution in [0.1, 0.15) is 41.1 Å². The summed E-state index contributed by atoms with van der Waals surface area (Å²) >= 11 is 0. The zero-order chi connectivity index (χ0) is 13.7. The summed E-state index contributed by atoms with van der Waals surface area (Å²) in [4.78, 5) is 11.2. The van der Waals surface area contributed by atoms with Crippen molar-refractivity contribution in [2.24, 2.45) is 0 Å². The Balaban J connectivity index is 2.40. The Labute approximate surface area is 113 Å². The Morgan fingerprint density at radius 1 is 1.37 bits per heavy atom. The SMILES string of the molecule is CCC(c1ccccc1)n1nc(CNC)cc1C=O. The molecule has 0 saturated carbocycles. The average molecular weight is 257 g/mol. The molecule has 1 N–H and O–H groups in total. The Kier molecular flexibility index (Phi) is 4.47. The van der Waals surface area contributed by atoms with Crippen LogP contribution in [0, 0.1) is 0 Å². The summed E-state index contributed by atoms with van der Waals surface area (Å²) in [6.07, 6.45) is 1.77. The monoisotopic (exact) mass is 257 g/mol. The first-order chi connectivity index (χ1) is 9.30. The van der Waals surface area contributed by atoms with Crippen LogP contribution in [0.3, 0.4) is 0 Å². The Bertz CT molecular complexity index is 534. The third-order valence-electron chi connectivity index (χ3n) is 3.16. The molecule has 0 aliphatic heterocycles. The topological polar surface area (TPSA) is 46.9 Å². The minimum absolute atomic E-state index is 0.104. The van der Waals surface area contributed by atoms with Crippen LogP contribution in [0.15, 0.2) is 36.4 Å². The van der Waals surface area contributed by atoms with Gasteiger partial charge in [0.1, 0.15) is 5.69 Å². The molecule has 1 heterocycles. The predicted molar refractivity (Wildman–Crippen MR) is 75.3 cm³/mol. The molecule has 19 heavy (non-hydrogen) atoms. The maximum absolute atomic E-state index is 11.2. The van der Waals surface area contributed by atoms with Gasteiger partial charge < -0.3 is 5.32 Å². The molecule has 4 nitrogen and oxygen atoms in total. The highest BCUT2D eigenvalue weighted by molar-refractivity contribution is 5.72. The van der Waals surface area contributed by atoms with E-state index in [4.69, 9.17) is 0 Å². The molecule has 2 aromatic rings. The molecule has 0 aliphatic rings. The fraction of sp³-hybridized carbons (Fsp3) is 0.333. The molecule has 4 heteroatoms. The number of rotatable bonds is 6. The van der Waals surface area contributed by atoms with Gasteiger partial charge in [-0.15, -0.1) is 0 Å². The van der Waals surface area contributed by atoms with E-state index in [1.54, 1.807) is 0 Å². The Morgan fingerprint density at radius 3 is 2.68 bits per heavy atom. The molecule has 100 valence electrons. The number of aldehydes is 1. The van der Waals surface area contributed by atoms with Gasteiger partial charge in [0.05, 0.1) is 11.7 Å². The van der Waals surface area contributed by atoms with E-state index in [0.717, 1.165) is 18.4 Å². The molecular weight excluding hydrogens is 238 g/mol. The van der Waals surface area contributed by atoms with Gasteiger partial charge in [-0.2, -0.15) is 5.10 Å². The molecule has 0 amide bonds.